The van der Waals surface area contributed by atoms with Gasteiger partial charge in [0.25, 0.3) is 5.56 Å². The summed E-state index contributed by atoms with van der Waals surface area (Å²) in [6.07, 6.45) is 5.52. The van der Waals surface area contributed by atoms with E-state index in [0.717, 1.165) is 62.3 Å². The molecule has 5 rings (SSSR count). The molecule has 2 aliphatic heterocycles. The highest BCUT2D eigenvalue weighted by Gasteiger charge is 2.27. The molecular formula is C32H42N8O3. The maximum atomic E-state index is 13.0. The molecule has 1 aromatic carbocycles. The van der Waals surface area contributed by atoms with Crippen LogP contribution in [-0.2, 0) is 16.1 Å². The van der Waals surface area contributed by atoms with Gasteiger partial charge in [-0.15, -0.1) is 0 Å². The lowest BCUT2D eigenvalue weighted by atomic mass is 10.1. The first kappa shape index (κ1) is 30.2. The van der Waals surface area contributed by atoms with Crippen molar-refractivity contribution < 1.29 is 9.59 Å². The minimum absolute atomic E-state index is 0.0342. The van der Waals surface area contributed by atoms with Crippen LogP contribution in [0.1, 0.15) is 33.1 Å². The van der Waals surface area contributed by atoms with Gasteiger partial charge >= 0.3 is 0 Å². The van der Waals surface area contributed by atoms with Crippen molar-refractivity contribution in [3.63, 3.8) is 0 Å². The Labute approximate surface area is 252 Å². The topological polar surface area (TPSA) is 107 Å². The molecule has 2 saturated heterocycles. The average molecular weight is 587 g/mol. The first-order valence-electron chi connectivity index (χ1n) is 15.3. The Morgan fingerprint density at radius 1 is 0.977 bits per heavy atom. The third-order valence-corrected chi connectivity index (χ3v) is 8.48. The summed E-state index contributed by atoms with van der Waals surface area (Å²) in [6, 6.07) is 11.7. The van der Waals surface area contributed by atoms with Crippen LogP contribution in [0.3, 0.4) is 0 Å². The molecule has 0 spiro atoms. The number of fused-ring (bicyclic) bond motifs is 1. The molecule has 43 heavy (non-hydrogen) atoms. The molecule has 1 atom stereocenters. The molecule has 1 N–H and O–H groups in total. The summed E-state index contributed by atoms with van der Waals surface area (Å²) < 4.78 is 1.71. The number of nitrogens with one attached hydrogen (secondary N) is 1. The molecule has 2 aliphatic rings. The highest BCUT2D eigenvalue weighted by atomic mass is 16.2. The summed E-state index contributed by atoms with van der Waals surface area (Å²) in [5.74, 6) is 0.631. The maximum absolute atomic E-state index is 13.0. The van der Waals surface area contributed by atoms with Gasteiger partial charge in [-0.05, 0) is 49.2 Å². The van der Waals surface area contributed by atoms with Crippen LogP contribution < -0.4 is 15.8 Å². The Hall–Kier alpha value is -4.25. The number of piperazine rings is 2. The van der Waals surface area contributed by atoms with Gasteiger partial charge in [0.2, 0.25) is 17.8 Å². The van der Waals surface area contributed by atoms with Crippen LogP contribution in [0.4, 0.5) is 17.3 Å². The number of hydrogen-bond acceptors (Lipinski definition) is 8. The first-order chi connectivity index (χ1) is 20.9. The van der Waals surface area contributed by atoms with Crippen LogP contribution in [0, 0.1) is 0 Å². The second-order valence-electron chi connectivity index (χ2n) is 11.2. The lowest BCUT2D eigenvalue weighted by Gasteiger charge is -2.41. The monoisotopic (exact) mass is 586 g/mol. The molecule has 4 heterocycles. The van der Waals surface area contributed by atoms with Gasteiger partial charge in [0.1, 0.15) is 5.65 Å². The lowest BCUT2D eigenvalue weighted by Crippen LogP contribution is -2.55. The molecule has 228 valence electrons. The van der Waals surface area contributed by atoms with Crippen LogP contribution in [0.15, 0.2) is 60.0 Å². The summed E-state index contributed by atoms with van der Waals surface area (Å²) >= 11 is 0. The summed E-state index contributed by atoms with van der Waals surface area (Å²) in [5, 5.41) is 4.08. The number of pyridine rings is 1. The highest BCUT2D eigenvalue weighted by molar-refractivity contribution is 5.87. The number of rotatable bonds is 10. The normalized spacial score (nSPS) is 17.7. The summed E-state index contributed by atoms with van der Waals surface area (Å²) in [4.78, 5) is 55.0. The average Bonchev–Trinajstić information content (AvgIpc) is 3.04. The van der Waals surface area contributed by atoms with Crippen LogP contribution >= 0.6 is 0 Å². The SMILES string of the molecule is C=CC(=O)N1CCN(CCn2c(=O)ccc3cnc(Nc4ccc(N5CCN(C(=O)CCC)CC5)cc4)nc32)C(CC)C1. The van der Waals surface area contributed by atoms with E-state index in [4.69, 9.17) is 4.98 Å². The summed E-state index contributed by atoms with van der Waals surface area (Å²) in [7, 11) is 0. The van der Waals surface area contributed by atoms with E-state index in [1.165, 1.54) is 6.08 Å². The van der Waals surface area contributed by atoms with Gasteiger partial charge in [0.15, 0.2) is 0 Å². The van der Waals surface area contributed by atoms with Crippen molar-refractivity contribution in [2.75, 3.05) is 62.6 Å². The zero-order chi connectivity index (χ0) is 30.3. The molecule has 3 aromatic rings. The van der Waals surface area contributed by atoms with Crippen molar-refractivity contribution in [2.24, 2.45) is 0 Å². The third kappa shape index (κ3) is 7.05. The highest BCUT2D eigenvalue weighted by Crippen LogP contribution is 2.22. The summed E-state index contributed by atoms with van der Waals surface area (Å²) in [5.41, 5.74) is 2.45. The van der Waals surface area contributed by atoms with E-state index in [-0.39, 0.29) is 23.4 Å². The van der Waals surface area contributed by atoms with Gasteiger partial charge in [-0.3, -0.25) is 23.9 Å². The van der Waals surface area contributed by atoms with E-state index in [1.807, 2.05) is 28.9 Å². The molecule has 0 aliphatic carbocycles. The van der Waals surface area contributed by atoms with Gasteiger partial charge in [-0.1, -0.05) is 20.4 Å². The van der Waals surface area contributed by atoms with Crippen LogP contribution in [0.2, 0.25) is 0 Å². The van der Waals surface area contributed by atoms with Crippen molar-refractivity contribution in [3.05, 3.63) is 65.6 Å². The molecule has 0 bridgehead atoms. The standard InChI is InChI=1S/C32H42N8O3/c1-4-7-29(42)38-17-14-37(15-18-38)27-11-9-25(10-12-27)34-32-33-22-24-8-13-30(43)40(31(24)35-32)21-20-36-16-19-39(28(41)6-3)23-26(36)5-2/h6,8-13,22,26H,3-5,7,14-21,23H2,1-2H3,(H,33,34,35). The number of hydrogen-bond donors (Lipinski definition) is 1. The van der Waals surface area contributed by atoms with Gasteiger partial charge in [0, 0.05) is 100 Å². The van der Waals surface area contributed by atoms with Crippen LogP contribution in [-0.4, -0.2) is 99.4 Å². The Morgan fingerprint density at radius 2 is 1.72 bits per heavy atom. The van der Waals surface area contributed by atoms with Crippen LogP contribution in [0.5, 0.6) is 0 Å². The Bertz CT molecular complexity index is 1500. The molecule has 2 fully saturated rings. The number of anilines is 3. The van der Waals surface area contributed by atoms with Gasteiger partial charge in [0.05, 0.1) is 0 Å². The Balaban J connectivity index is 1.24. The Morgan fingerprint density at radius 3 is 2.42 bits per heavy atom. The number of amides is 2. The molecular weight excluding hydrogens is 544 g/mol. The van der Waals surface area contributed by atoms with Crippen molar-refractivity contribution in [1.82, 2.24) is 29.2 Å². The second kappa shape index (κ2) is 13.8. The first-order valence-corrected chi connectivity index (χ1v) is 15.3. The minimum atomic E-state index is -0.105. The van der Waals surface area contributed by atoms with Crippen molar-refractivity contribution in [3.8, 4) is 0 Å². The van der Waals surface area contributed by atoms with E-state index >= 15 is 0 Å². The van der Waals surface area contributed by atoms with E-state index < -0.39 is 0 Å². The largest absolute Gasteiger partial charge is 0.368 e. The number of aromatic nitrogens is 3. The zero-order valence-electron chi connectivity index (χ0n) is 25.2. The van der Waals surface area contributed by atoms with Gasteiger partial charge in [-0.25, -0.2) is 4.98 Å². The van der Waals surface area contributed by atoms with Gasteiger partial charge < -0.3 is 20.0 Å². The predicted octanol–water partition coefficient (Wildman–Crippen LogP) is 3.09. The predicted molar refractivity (Wildman–Crippen MR) is 170 cm³/mol. The maximum Gasteiger partial charge on any atom is 0.252 e. The summed E-state index contributed by atoms with van der Waals surface area (Å²) in [6.45, 7) is 14.1. The minimum Gasteiger partial charge on any atom is -0.368 e. The van der Waals surface area contributed by atoms with Crippen LogP contribution in [0.25, 0.3) is 11.0 Å². The lowest BCUT2D eigenvalue weighted by molar-refractivity contribution is -0.131. The zero-order valence-corrected chi connectivity index (χ0v) is 25.2. The van der Waals surface area contributed by atoms with Crippen molar-refractivity contribution >= 4 is 40.2 Å². The molecule has 0 radical (unpaired) electrons. The number of benzene rings is 1. The number of nitrogens with zero attached hydrogens (tertiary/aromatic N) is 7. The smallest absolute Gasteiger partial charge is 0.252 e. The second-order valence-corrected chi connectivity index (χ2v) is 11.2. The molecule has 11 nitrogen and oxygen atoms in total. The van der Waals surface area contributed by atoms with E-state index in [9.17, 15) is 14.4 Å². The van der Waals surface area contributed by atoms with E-state index in [0.29, 0.717) is 44.2 Å². The molecule has 1 unspecified atom stereocenters. The molecule has 2 amide bonds. The number of carbonyl (C=O) groups is 2. The third-order valence-electron chi connectivity index (χ3n) is 8.48. The fraction of sp³-hybridized carbons (Fsp3) is 0.469. The van der Waals surface area contributed by atoms with Crippen molar-refractivity contribution in [2.45, 2.75) is 45.7 Å². The fourth-order valence-electron chi connectivity index (χ4n) is 5.95. The van der Waals surface area contributed by atoms with Gasteiger partial charge in [-0.2, -0.15) is 4.98 Å². The number of carbonyl (C=O) groups excluding carboxylic acids is 2. The van der Waals surface area contributed by atoms with E-state index in [2.05, 4.69) is 45.7 Å². The Kier molecular flexibility index (Phi) is 9.71. The van der Waals surface area contributed by atoms with Crippen molar-refractivity contribution in [1.29, 1.82) is 0 Å². The fourth-order valence-corrected chi connectivity index (χ4v) is 5.95. The van der Waals surface area contributed by atoms with E-state index in [1.54, 1.807) is 22.9 Å². The molecule has 11 heteroatoms. The quantitative estimate of drug-likeness (QED) is 0.362. The molecule has 2 aromatic heterocycles. The molecule has 0 saturated carbocycles.